The van der Waals surface area contributed by atoms with Crippen LogP contribution >= 0.6 is 0 Å². The van der Waals surface area contributed by atoms with Gasteiger partial charge in [0, 0.05) is 38.5 Å². The van der Waals surface area contributed by atoms with E-state index in [2.05, 4.69) is 5.10 Å². The molecule has 3 saturated heterocycles. The fourth-order valence-electron chi connectivity index (χ4n) is 6.53. The third-order valence-electron chi connectivity index (χ3n) is 8.69. The maximum atomic E-state index is 13.9. The maximum Gasteiger partial charge on any atom is 0.416 e. The normalized spacial score (nSPS) is 23.7. The average Bonchev–Trinajstić information content (AvgIpc) is 3.32. The van der Waals surface area contributed by atoms with E-state index in [1.165, 1.54) is 17.0 Å². The monoisotopic (exact) mass is 565 g/mol. The van der Waals surface area contributed by atoms with E-state index in [9.17, 15) is 31.5 Å². The number of urea groups is 1. The van der Waals surface area contributed by atoms with E-state index in [1.807, 2.05) is 4.68 Å². The van der Waals surface area contributed by atoms with E-state index in [4.69, 9.17) is 0 Å². The molecule has 1 aromatic carbocycles. The minimum atomic E-state index is -4.51. The van der Waals surface area contributed by atoms with Gasteiger partial charge in [-0.05, 0) is 50.2 Å². The van der Waals surface area contributed by atoms with Crippen molar-refractivity contribution in [3.63, 3.8) is 0 Å². The zero-order valence-electron chi connectivity index (χ0n) is 22.0. The molecule has 4 heterocycles. The van der Waals surface area contributed by atoms with Crippen LogP contribution in [0.1, 0.15) is 90.1 Å². The SMILES string of the molecule is O=C(N1CCC(n2ncc(C(=O)N3CCCC3c3ccccc3C(F)(F)F)c2C2CC2)CC1)N1CCC(F)(F)C1. The van der Waals surface area contributed by atoms with Crippen LogP contribution in [0.3, 0.4) is 0 Å². The molecular weight excluding hydrogens is 533 g/mol. The average molecular weight is 566 g/mol. The Kier molecular flexibility index (Phi) is 6.77. The Hall–Kier alpha value is -3.18. The van der Waals surface area contributed by atoms with Crippen molar-refractivity contribution in [3.8, 4) is 0 Å². The lowest BCUT2D eigenvalue weighted by Crippen LogP contribution is -2.46. The van der Waals surface area contributed by atoms with Gasteiger partial charge in [0.05, 0.1) is 41.6 Å². The summed E-state index contributed by atoms with van der Waals surface area (Å²) in [5.74, 6) is -2.97. The molecule has 0 N–H and O–H groups in total. The number of piperidine rings is 1. The number of hydrogen-bond donors (Lipinski definition) is 0. The minimum absolute atomic E-state index is 0.0488. The van der Waals surface area contributed by atoms with E-state index in [-0.39, 0.29) is 42.4 Å². The van der Waals surface area contributed by atoms with Crippen molar-refractivity contribution in [1.29, 1.82) is 0 Å². The van der Waals surface area contributed by atoms with E-state index in [0.717, 1.165) is 24.6 Å². The highest BCUT2D eigenvalue weighted by molar-refractivity contribution is 5.96. The van der Waals surface area contributed by atoms with Gasteiger partial charge in [0.2, 0.25) is 0 Å². The van der Waals surface area contributed by atoms with E-state index in [1.54, 1.807) is 22.1 Å². The lowest BCUT2D eigenvalue weighted by Gasteiger charge is -2.35. The highest BCUT2D eigenvalue weighted by Gasteiger charge is 2.44. The molecule has 3 amide bonds. The van der Waals surface area contributed by atoms with Gasteiger partial charge in [-0.1, -0.05) is 18.2 Å². The van der Waals surface area contributed by atoms with Crippen molar-refractivity contribution in [2.24, 2.45) is 0 Å². The third-order valence-corrected chi connectivity index (χ3v) is 8.69. The zero-order valence-corrected chi connectivity index (χ0v) is 22.0. The highest BCUT2D eigenvalue weighted by Crippen LogP contribution is 2.45. The van der Waals surface area contributed by atoms with Crippen molar-refractivity contribution in [3.05, 3.63) is 52.8 Å². The van der Waals surface area contributed by atoms with Gasteiger partial charge in [-0.25, -0.2) is 13.6 Å². The number of amides is 3. The van der Waals surface area contributed by atoms with Crippen LogP contribution in [-0.4, -0.2) is 75.1 Å². The van der Waals surface area contributed by atoms with Crippen LogP contribution in [0.25, 0.3) is 0 Å². The number of nitrogens with zero attached hydrogens (tertiary/aromatic N) is 5. The second kappa shape index (κ2) is 10.0. The van der Waals surface area contributed by atoms with Crippen LogP contribution in [0.2, 0.25) is 0 Å². The van der Waals surface area contributed by atoms with Crippen molar-refractivity contribution < 1.29 is 31.5 Å². The summed E-state index contributed by atoms with van der Waals surface area (Å²) in [6, 6.07) is 4.38. The van der Waals surface area contributed by atoms with Gasteiger partial charge >= 0.3 is 12.2 Å². The molecule has 40 heavy (non-hydrogen) atoms. The summed E-state index contributed by atoms with van der Waals surface area (Å²) in [6.07, 6.45) is 0.775. The summed E-state index contributed by atoms with van der Waals surface area (Å²) in [6.45, 7) is 0.684. The van der Waals surface area contributed by atoms with Crippen molar-refractivity contribution in [2.45, 2.75) is 75.0 Å². The summed E-state index contributed by atoms with van der Waals surface area (Å²) in [5, 5.41) is 4.59. The van der Waals surface area contributed by atoms with Crippen molar-refractivity contribution >= 4 is 11.9 Å². The number of carbonyl (C=O) groups excluding carboxylic acids is 2. The number of aromatic nitrogens is 2. The second-order valence-electron chi connectivity index (χ2n) is 11.4. The summed E-state index contributed by atoms with van der Waals surface area (Å²) in [4.78, 5) is 31.0. The number of hydrogen-bond acceptors (Lipinski definition) is 3. The highest BCUT2D eigenvalue weighted by atomic mass is 19.4. The fourth-order valence-corrected chi connectivity index (χ4v) is 6.53. The van der Waals surface area contributed by atoms with Crippen LogP contribution in [0, 0.1) is 0 Å². The van der Waals surface area contributed by atoms with Gasteiger partial charge in [-0.15, -0.1) is 0 Å². The predicted molar refractivity (Wildman–Crippen MR) is 135 cm³/mol. The lowest BCUT2D eigenvalue weighted by atomic mass is 9.97. The Labute approximate surface area is 228 Å². The first-order chi connectivity index (χ1) is 19.0. The van der Waals surface area contributed by atoms with Gasteiger partial charge in [-0.2, -0.15) is 18.3 Å². The lowest BCUT2D eigenvalue weighted by molar-refractivity contribution is -0.138. The van der Waals surface area contributed by atoms with Crippen LogP contribution in [0.15, 0.2) is 30.5 Å². The molecule has 7 nitrogen and oxygen atoms in total. The number of likely N-dealkylation sites (tertiary alicyclic amines) is 3. The molecule has 1 aromatic heterocycles. The molecule has 216 valence electrons. The zero-order chi connectivity index (χ0) is 28.2. The molecule has 1 unspecified atom stereocenters. The summed E-state index contributed by atoms with van der Waals surface area (Å²) in [7, 11) is 0. The van der Waals surface area contributed by atoms with Crippen LogP contribution < -0.4 is 0 Å². The first-order valence-corrected chi connectivity index (χ1v) is 14.0. The Morgan fingerprint density at radius 2 is 1.65 bits per heavy atom. The van der Waals surface area contributed by atoms with Crippen LogP contribution in [0.4, 0.5) is 26.7 Å². The van der Waals surface area contributed by atoms with Crippen molar-refractivity contribution in [1.82, 2.24) is 24.5 Å². The second-order valence-corrected chi connectivity index (χ2v) is 11.4. The van der Waals surface area contributed by atoms with Crippen molar-refractivity contribution in [2.75, 3.05) is 32.7 Å². The molecule has 6 rings (SSSR count). The molecule has 4 fully saturated rings. The maximum absolute atomic E-state index is 13.9. The molecule has 12 heteroatoms. The van der Waals surface area contributed by atoms with Crippen LogP contribution in [0.5, 0.6) is 0 Å². The van der Waals surface area contributed by atoms with E-state index < -0.39 is 30.2 Å². The largest absolute Gasteiger partial charge is 0.416 e. The van der Waals surface area contributed by atoms with Gasteiger partial charge in [0.1, 0.15) is 0 Å². The van der Waals surface area contributed by atoms with Gasteiger partial charge in [0.25, 0.3) is 11.8 Å². The van der Waals surface area contributed by atoms with Crippen LogP contribution in [-0.2, 0) is 6.18 Å². The molecule has 1 aliphatic carbocycles. The number of carbonyl (C=O) groups is 2. The Bertz CT molecular complexity index is 1280. The Morgan fingerprint density at radius 3 is 2.30 bits per heavy atom. The fraction of sp³-hybridized carbons (Fsp3) is 0.607. The Balaban J connectivity index is 1.19. The molecule has 2 aromatic rings. The molecular formula is C28H32F5N5O2. The smallest absolute Gasteiger partial charge is 0.331 e. The molecule has 0 spiro atoms. The van der Waals surface area contributed by atoms with Gasteiger partial charge in [0.15, 0.2) is 0 Å². The third kappa shape index (κ3) is 5.05. The first kappa shape index (κ1) is 27.0. The number of rotatable bonds is 4. The Morgan fingerprint density at radius 1 is 0.925 bits per heavy atom. The number of halogens is 5. The molecule has 1 atom stereocenters. The summed E-state index contributed by atoms with van der Waals surface area (Å²) < 4.78 is 70.4. The molecule has 3 aliphatic heterocycles. The quantitative estimate of drug-likeness (QED) is 0.437. The standard InChI is InChI=1S/C28H32F5N5O2/c29-27(30)11-15-36(17-27)26(40)35-13-9-19(10-14-35)38-24(18-7-8-18)21(16-34-38)25(39)37-12-3-6-23(37)20-4-1-2-5-22(20)28(31,32)33/h1-2,4-5,16,18-19,23H,3,6-15,17H2. The summed E-state index contributed by atoms with van der Waals surface area (Å²) >= 11 is 0. The number of benzene rings is 1. The van der Waals surface area contributed by atoms with Gasteiger partial charge in [-0.3, -0.25) is 9.48 Å². The number of alkyl halides is 5. The molecule has 1 saturated carbocycles. The molecule has 4 aliphatic rings. The molecule has 0 radical (unpaired) electrons. The predicted octanol–water partition coefficient (Wildman–Crippen LogP) is 5.85. The summed E-state index contributed by atoms with van der Waals surface area (Å²) in [5.41, 5.74) is 0.672. The topological polar surface area (TPSA) is 61.7 Å². The van der Waals surface area contributed by atoms with E-state index >= 15 is 0 Å². The van der Waals surface area contributed by atoms with Gasteiger partial charge < -0.3 is 14.7 Å². The molecule has 0 bridgehead atoms. The van der Waals surface area contributed by atoms with E-state index in [0.29, 0.717) is 50.9 Å². The first-order valence-electron chi connectivity index (χ1n) is 14.0. The minimum Gasteiger partial charge on any atom is -0.331 e.